The number of aromatic amines is 1. The van der Waals surface area contributed by atoms with Crippen molar-refractivity contribution in [3.8, 4) is 0 Å². The fourth-order valence-corrected chi connectivity index (χ4v) is 1.99. The van der Waals surface area contributed by atoms with Crippen molar-refractivity contribution in [3.63, 3.8) is 0 Å². The molecule has 1 N–H and O–H groups in total. The zero-order valence-corrected chi connectivity index (χ0v) is 10.1. The Hall–Kier alpha value is -1.27. The van der Waals surface area contributed by atoms with Gasteiger partial charge in [-0.25, -0.2) is 8.78 Å². The van der Waals surface area contributed by atoms with Gasteiger partial charge in [0.1, 0.15) is 5.52 Å². The predicted molar refractivity (Wildman–Crippen MR) is 63.5 cm³/mol. The third-order valence-corrected chi connectivity index (χ3v) is 2.81. The smallest absolute Gasteiger partial charge is 0.184 e. The molecule has 0 bridgehead atoms. The van der Waals surface area contributed by atoms with E-state index in [-0.39, 0.29) is 5.52 Å². The van der Waals surface area contributed by atoms with Crippen molar-refractivity contribution in [2.45, 2.75) is 13.5 Å². The van der Waals surface area contributed by atoms with Gasteiger partial charge in [0.2, 0.25) is 0 Å². The van der Waals surface area contributed by atoms with E-state index in [9.17, 15) is 8.78 Å². The van der Waals surface area contributed by atoms with Gasteiger partial charge in [0.05, 0.1) is 12.1 Å². The van der Waals surface area contributed by atoms with E-state index < -0.39 is 11.6 Å². The minimum Gasteiger partial charge on any atom is -0.380 e. The number of aromatic nitrogens is 2. The largest absolute Gasteiger partial charge is 0.380 e. The molecule has 92 valence electrons. The van der Waals surface area contributed by atoms with E-state index in [4.69, 9.17) is 17.0 Å². The lowest BCUT2D eigenvalue weighted by molar-refractivity contribution is 0.139. The van der Waals surface area contributed by atoms with Crippen molar-refractivity contribution in [1.29, 1.82) is 0 Å². The minimum atomic E-state index is -0.883. The molecule has 17 heavy (non-hydrogen) atoms. The summed E-state index contributed by atoms with van der Waals surface area (Å²) in [5.74, 6) is -1.76. The Morgan fingerprint density at radius 1 is 1.41 bits per heavy atom. The summed E-state index contributed by atoms with van der Waals surface area (Å²) >= 11 is 5.07. The molecule has 0 saturated heterocycles. The number of nitrogens with one attached hydrogen (secondary N) is 1. The van der Waals surface area contributed by atoms with E-state index in [0.29, 0.717) is 30.0 Å². The van der Waals surface area contributed by atoms with Crippen LogP contribution in [0.3, 0.4) is 0 Å². The van der Waals surface area contributed by atoms with E-state index in [1.807, 2.05) is 6.92 Å². The van der Waals surface area contributed by atoms with Crippen LogP contribution in [0.25, 0.3) is 11.0 Å². The Balaban J connectivity index is 2.49. The topological polar surface area (TPSA) is 29.9 Å². The number of halogens is 2. The van der Waals surface area contributed by atoms with Crippen molar-refractivity contribution >= 4 is 23.3 Å². The number of ether oxygens (including phenoxy) is 1. The molecule has 2 aromatic rings. The zero-order chi connectivity index (χ0) is 12.4. The molecule has 0 aliphatic heterocycles. The summed E-state index contributed by atoms with van der Waals surface area (Å²) < 4.78 is 33.9. The number of H-pyrrole nitrogens is 1. The summed E-state index contributed by atoms with van der Waals surface area (Å²) in [7, 11) is 0. The van der Waals surface area contributed by atoms with E-state index in [1.54, 1.807) is 0 Å². The highest BCUT2D eigenvalue weighted by atomic mass is 32.1. The van der Waals surface area contributed by atoms with Crippen LogP contribution < -0.4 is 0 Å². The molecule has 0 aliphatic carbocycles. The summed E-state index contributed by atoms with van der Waals surface area (Å²) in [6, 6.07) is 2.55. The molecular formula is C11H12F2N2OS. The van der Waals surface area contributed by atoms with Gasteiger partial charge < -0.3 is 14.3 Å². The van der Waals surface area contributed by atoms with Crippen LogP contribution in [0, 0.1) is 16.4 Å². The van der Waals surface area contributed by atoms with Gasteiger partial charge in [-0.05, 0) is 31.3 Å². The van der Waals surface area contributed by atoms with Crippen molar-refractivity contribution in [3.05, 3.63) is 28.5 Å². The summed E-state index contributed by atoms with van der Waals surface area (Å²) in [5.41, 5.74) is 0.653. The lowest BCUT2D eigenvalue weighted by Gasteiger charge is -2.05. The fraction of sp³-hybridized carbons (Fsp3) is 0.364. The van der Waals surface area contributed by atoms with Gasteiger partial charge in [0.15, 0.2) is 16.4 Å². The number of hydrogen-bond acceptors (Lipinski definition) is 2. The summed E-state index contributed by atoms with van der Waals surface area (Å²) in [5, 5.41) is 0. The zero-order valence-electron chi connectivity index (χ0n) is 9.30. The van der Waals surface area contributed by atoms with E-state index in [0.717, 1.165) is 6.07 Å². The average Bonchev–Trinajstić information content (AvgIpc) is 2.62. The van der Waals surface area contributed by atoms with Crippen molar-refractivity contribution < 1.29 is 13.5 Å². The molecule has 0 saturated carbocycles. The first-order valence-electron chi connectivity index (χ1n) is 5.29. The number of hydrogen-bond donors (Lipinski definition) is 1. The van der Waals surface area contributed by atoms with Gasteiger partial charge in [0.25, 0.3) is 0 Å². The maximum absolute atomic E-state index is 13.7. The highest BCUT2D eigenvalue weighted by molar-refractivity contribution is 7.71. The monoisotopic (exact) mass is 258 g/mol. The van der Waals surface area contributed by atoms with Crippen molar-refractivity contribution in [2.75, 3.05) is 13.2 Å². The normalized spacial score (nSPS) is 11.2. The molecule has 0 spiro atoms. The van der Waals surface area contributed by atoms with Crippen LogP contribution >= 0.6 is 12.2 Å². The van der Waals surface area contributed by atoms with Gasteiger partial charge >= 0.3 is 0 Å². The van der Waals surface area contributed by atoms with Crippen LogP contribution in [0.4, 0.5) is 8.78 Å². The summed E-state index contributed by atoms with van der Waals surface area (Å²) in [6.45, 7) is 3.25. The molecule has 0 radical (unpaired) electrons. The standard InChI is InChI=1S/C11H12F2N2OS/c1-2-16-6-5-15-10-8(14-11(15)17)4-3-7(12)9(10)13/h3-4H,2,5-6H2,1H3,(H,14,17). The summed E-state index contributed by atoms with van der Waals surface area (Å²) in [4.78, 5) is 2.84. The number of benzene rings is 1. The Morgan fingerprint density at radius 2 is 2.18 bits per heavy atom. The molecule has 6 heteroatoms. The Morgan fingerprint density at radius 3 is 2.88 bits per heavy atom. The Labute approximate surface area is 102 Å². The van der Waals surface area contributed by atoms with Gasteiger partial charge in [-0.15, -0.1) is 0 Å². The fourth-order valence-electron chi connectivity index (χ4n) is 1.70. The first kappa shape index (κ1) is 12.2. The molecule has 0 atom stereocenters. The average molecular weight is 258 g/mol. The third kappa shape index (κ3) is 2.23. The molecule has 0 unspecified atom stereocenters. The van der Waals surface area contributed by atoms with E-state index in [2.05, 4.69) is 4.98 Å². The van der Waals surface area contributed by atoms with Gasteiger partial charge in [-0.2, -0.15) is 0 Å². The molecule has 1 aromatic carbocycles. The van der Waals surface area contributed by atoms with Gasteiger partial charge in [-0.3, -0.25) is 0 Å². The molecule has 3 nitrogen and oxygen atoms in total. The number of nitrogens with zero attached hydrogens (tertiary/aromatic N) is 1. The van der Waals surface area contributed by atoms with Crippen molar-refractivity contribution in [1.82, 2.24) is 9.55 Å². The molecular weight excluding hydrogens is 246 g/mol. The molecule has 0 aliphatic rings. The number of rotatable bonds is 4. The summed E-state index contributed by atoms with van der Waals surface area (Å²) in [6.07, 6.45) is 0. The molecule has 1 aromatic heterocycles. The second-order valence-electron chi connectivity index (χ2n) is 3.54. The molecule has 2 rings (SSSR count). The van der Waals surface area contributed by atoms with Gasteiger partial charge in [0, 0.05) is 13.2 Å². The number of fused-ring (bicyclic) bond motifs is 1. The van der Waals surface area contributed by atoms with Crippen LogP contribution in [0.5, 0.6) is 0 Å². The SMILES string of the molecule is CCOCCn1c(=S)[nH]c2ccc(F)c(F)c21. The van der Waals surface area contributed by atoms with Gasteiger partial charge in [-0.1, -0.05) is 0 Å². The predicted octanol–water partition coefficient (Wildman–Crippen LogP) is 3.01. The van der Waals surface area contributed by atoms with Crippen LogP contribution in [0.1, 0.15) is 6.92 Å². The number of imidazole rings is 1. The Kier molecular flexibility index (Phi) is 3.54. The quantitative estimate of drug-likeness (QED) is 0.675. The van der Waals surface area contributed by atoms with Crippen LogP contribution in [-0.4, -0.2) is 22.8 Å². The highest BCUT2D eigenvalue weighted by Gasteiger charge is 2.13. The van der Waals surface area contributed by atoms with Crippen LogP contribution in [0.15, 0.2) is 12.1 Å². The highest BCUT2D eigenvalue weighted by Crippen LogP contribution is 2.20. The molecule has 0 fully saturated rings. The van der Waals surface area contributed by atoms with E-state index >= 15 is 0 Å². The molecule has 1 heterocycles. The minimum absolute atomic E-state index is 0.162. The first-order chi connectivity index (χ1) is 8.15. The maximum Gasteiger partial charge on any atom is 0.184 e. The van der Waals surface area contributed by atoms with Crippen LogP contribution in [-0.2, 0) is 11.3 Å². The Bertz CT molecular complexity index is 591. The first-order valence-corrected chi connectivity index (χ1v) is 5.70. The second-order valence-corrected chi connectivity index (χ2v) is 3.92. The maximum atomic E-state index is 13.7. The van der Waals surface area contributed by atoms with Crippen LogP contribution in [0.2, 0.25) is 0 Å². The van der Waals surface area contributed by atoms with Crippen molar-refractivity contribution in [2.24, 2.45) is 0 Å². The lowest BCUT2D eigenvalue weighted by atomic mass is 10.3. The van der Waals surface area contributed by atoms with E-state index in [1.165, 1.54) is 10.6 Å². The lowest BCUT2D eigenvalue weighted by Crippen LogP contribution is -2.07. The third-order valence-electron chi connectivity index (χ3n) is 2.49. The molecule has 0 amide bonds. The second kappa shape index (κ2) is 4.93.